The molecule has 1 heterocycles. The molecule has 1 aliphatic heterocycles. The van der Waals surface area contributed by atoms with Crippen LogP contribution in [0.1, 0.15) is 23.6 Å². The second-order valence-corrected chi connectivity index (χ2v) is 9.61. The molecule has 8 nitrogen and oxygen atoms in total. The van der Waals surface area contributed by atoms with E-state index in [-0.39, 0.29) is 22.9 Å². The van der Waals surface area contributed by atoms with Gasteiger partial charge in [0.2, 0.25) is 21.8 Å². The van der Waals surface area contributed by atoms with E-state index in [1.165, 1.54) is 30.3 Å². The van der Waals surface area contributed by atoms with Crippen LogP contribution < -0.4 is 20.1 Å². The molecule has 1 aliphatic rings. The summed E-state index contributed by atoms with van der Waals surface area (Å²) in [7, 11) is -4.19. The van der Waals surface area contributed by atoms with Crippen molar-refractivity contribution in [2.24, 2.45) is 0 Å². The molecule has 12 heteroatoms. The first-order valence-corrected chi connectivity index (χ1v) is 12.2. The van der Waals surface area contributed by atoms with Crippen molar-refractivity contribution in [1.29, 1.82) is 0 Å². The lowest BCUT2D eigenvalue weighted by molar-refractivity contribution is -0.274. The Morgan fingerprint density at radius 3 is 2.33 bits per heavy atom. The number of benzene rings is 3. The number of hydrogen-bond donors (Lipinski definition) is 3. The van der Waals surface area contributed by atoms with Crippen LogP contribution in [0.15, 0.2) is 77.7 Å². The average Bonchev–Trinajstić information content (AvgIpc) is 2.83. The molecular formula is C24H20F3N3O5S. The van der Waals surface area contributed by atoms with Gasteiger partial charge in [0.25, 0.3) is 0 Å². The van der Waals surface area contributed by atoms with Crippen molar-refractivity contribution in [3.05, 3.63) is 83.9 Å². The van der Waals surface area contributed by atoms with Gasteiger partial charge in [-0.2, -0.15) is 4.72 Å². The highest BCUT2D eigenvalue weighted by Crippen LogP contribution is 2.28. The molecule has 36 heavy (non-hydrogen) atoms. The van der Waals surface area contributed by atoms with Crippen molar-refractivity contribution in [1.82, 2.24) is 4.72 Å². The van der Waals surface area contributed by atoms with E-state index in [0.29, 0.717) is 23.2 Å². The van der Waals surface area contributed by atoms with E-state index in [9.17, 15) is 31.2 Å². The van der Waals surface area contributed by atoms with E-state index >= 15 is 0 Å². The van der Waals surface area contributed by atoms with Crippen molar-refractivity contribution < 1.29 is 35.9 Å². The number of fused-ring (bicyclic) bond motifs is 1. The maximum Gasteiger partial charge on any atom is 0.573 e. The van der Waals surface area contributed by atoms with E-state index in [1.54, 1.807) is 30.3 Å². The molecule has 4 rings (SSSR count). The lowest BCUT2D eigenvalue weighted by Gasteiger charge is -2.21. The molecule has 0 spiro atoms. The van der Waals surface area contributed by atoms with Crippen LogP contribution in [0.3, 0.4) is 0 Å². The van der Waals surface area contributed by atoms with Gasteiger partial charge in [-0.25, -0.2) is 8.42 Å². The Morgan fingerprint density at radius 2 is 1.67 bits per heavy atom. The molecule has 3 aromatic carbocycles. The zero-order valence-corrected chi connectivity index (χ0v) is 19.3. The van der Waals surface area contributed by atoms with Crippen molar-refractivity contribution in [3.8, 4) is 5.75 Å². The minimum Gasteiger partial charge on any atom is -0.406 e. The van der Waals surface area contributed by atoms with E-state index in [0.717, 1.165) is 12.1 Å². The molecule has 0 radical (unpaired) electrons. The van der Waals surface area contributed by atoms with Crippen LogP contribution in [0, 0.1) is 0 Å². The number of ether oxygens (including phenoxy) is 1. The molecule has 0 bridgehead atoms. The molecule has 0 aromatic heterocycles. The smallest absolute Gasteiger partial charge is 0.406 e. The number of carbonyl (C=O) groups excluding carboxylic acids is 2. The van der Waals surface area contributed by atoms with Gasteiger partial charge in [0, 0.05) is 17.8 Å². The number of amides is 2. The Hall–Kier alpha value is -3.90. The Bertz CT molecular complexity index is 1380. The first-order chi connectivity index (χ1) is 17.0. The number of alkyl halides is 3. The SMILES string of the molecule is O=C1CCc2cc(S(=O)(=O)N[C@@H](C(=O)Nc3ccc(OC(F)(F)F)cc3)c3ccccc3)ccc2N1. The molecule has 188 valence electrons. The predicted molar refractivity (Wildman–Crippen MR) is 125 cm³/mol. The molecule has 0 saturated heterocycles. The first-order valence-electron chi connectivity index (χ1n) is 10.7. The largest absolute Gasteiger partial charge is 0.573 e. The van der Waals surface area contributed by atoms with E-state index < -0.39 is 34.1 Å². The van der Waals surface area contributed by atoms with Crippen LogP contribution in [-0.4, -0.2) is 26.6 Å². The summed E-state index contributed by atoms with van der Waals surface area (Å²) in [5.41, 5.74) is 1.67. The van der Waals surface area contributed by atoms with Gasteiger partial charge in [-0.15, -0.1) is 13.2 Å². The van der Waals surface area contributed by atoms with Crippen LogP contribution >= 0.6 is 0 Å². The number of hydrogen-bond acceptors (Lipinski definition) is 5. The zero-order valence-electron chi connectivity index (χ0n) is 18.5. The monoisotopic (exact) mass is 519 g/mol. The number of carbonyl (C=O) groups is 2. The average molecular weight is 520 g/mol. The molecule has 0 aliphatic carbocycles. The van der Waals surface area contributed by atoms with Crippen LogP contribution in [0.2, 0.25) is 0 Å². The number of anilines is 2. The Labute approximate surface area is 204 Å². The number of sulfonamides is 1. The standard InChI is InChI=1S/C24H20F3N3O5S/c25-24(26,27)35-18-9-7-17(8-10-18)28-23(32)22(15-4-2-1-3-5-15)30-36(33,34)19-11-12-20-16(14-19)6-13-21(31)29-20/h1-5,7-12,14,22,30H,6,13H2,(H,28,32)(H,29,31)/t22-/m1/s1. The zero-order chi connectivity index (χ0) is 25.9. The summed E-state index contributed by atoms with van der Waals surface area (Å²) in [6.45, 7) is 0. The van der Waals surface area contributed by atoms with E-state index in [4.69, 9.17) is 0 Å². The van der Waals surface area contributed by atoms with Gasteiger partial charge < -0.3 is 15.4 Å². The number of aryl methyl sites for hydroxylation is 1. The topological polar surface area (TPSA) is 114 Å². The van der Waals surface area contributed by atoms with Crippen molar-refractivity contribution in [2.45, 2.75) is 30.1 Å². The van der Waals surface area contributed by atoms with E-state index in [1.807, 2.05) is 0 Å². The third kappa shape index (κ3) is 6.20. The fraction of sp³-hybridized carbons (Fsp3) is 0.167. The summed E-state index contributed by atoms with van der Waals surface area (Å²) in [6, 6.07) is 15.5. The summed E-state index contributed by atoms with van der Waals surface area (Å²) in [6.07, 6.45) is -4.25. The highest BCUT2D eigenvalue weighted by atomic mass is 32.2. The molecule has 0 fully saturated rings. The summed E-state index contributed by atoms with van der Waals surface area (Å²) < 4.78 is 69.7. The molecule has 0 unspecified atom stereocenters. The fourth-order valence-electron chi connectivity index (χ4n) is 3.62. The fourth-order valence-corrected chi connectivity index (χ4v) is 4.86. The molecule has 1 atom stereocenters. The molecule has 3 aromatic rings. The normalized spacial score (nSPS) is 14.4. The summed E-state index contributed by atoms with van der Waals surface area (Å²) in [5, 5.41) is 5.19. The maximum atomic E-state index is 13.2. The quantitative estimate of drug-likeness (QED) is 0.435. The first kappa shape index (κ1) is 25.2. The minimum atomic E-state index is -4.86. The van der Waals surface area contributed by atoms with Crippen LogP contribution in [0.4, 0.5) is 24.5 Å². The van der Waals surface area contributed by atoms with E-state index in [2.05, 4.69) is 20.1 Å². The Morgan fingerprint density at radius 1 is 0.972 bits per heavy atom. The predicted octanol–water partition coefficient (Wildman–Crippen LogP) is 4.13. The molecular weight excluding hydrogens is 499 g/mol. The molecule has 2 amide bonds. The van der Waals surface area contributed by atoms with Crippen molar-refractivity contribution in [3.63, 3.8) is 0 Å². The van der Waals surface area contributed by atoms with Gasteiger partial charge in [0.05, 0.1) is 4.90 Å². The molecule has 0 saturated carbocycles. The van der Waals surface area contributed by atoms with Gasteiger partial charge in [-0.05, 0) is 60.0 Å². The van der Waals surface area contributed by atoms with Gasteiger partial charge >= 0.3 is 6.36 Å². The number of rotatable bonds is 7. The Kier molecular flexibility index (Phi) is 7.00. The lowest BCUT2D eigenvalue weighted by atomic mass is 10.0. The lowest BCUT2D eigenvalue weighted by Crippen LogP contribution is -2.37. The number of nitrogens with one attached hydrogen (secondary N) is 3. The number of halogens is 3. The second kappa shape index (κ2) is 9.99. The van der Waals surface area contributed by atoms with Crippen LogP contribution in [-0.2, 0) is 26.0 Å². The highest BCUT2D eigenvalue weighted by molar-refractivity contribution is 7.89. The van der Waals surface area contributed by atoms with Gasteiger partial charge in [0.15, 0.2) is 0 Å². The van der Waals surface area contributed by atoms with Crippen LogP contribution in [0.25, 0.3) is 0 Å². The highest BCUT2D eigenvalue weighted by Gasteiger charge is 2.31. The molecule has 3 N–H and O–H groups in total. The summed E-state index contributed by atoms with van der Waals surface area (Å²) >= 11 is 0. The van der Waals surface area contributed by atoms with Gasteiger partial charge in [0.1, 0.15) is 11.8 Å². The van der Waals surface area contributed by atoms with Crippen molar-refractivity contribution in [2.75, 3.05) is 10.6 Å². The minimum absolute atomic E-state index is 0.0835. The third-order valence-corrected chi connectivity index (χ3v) is 6.73. The summed E-state index contributed by atoms with van der Waals surface area (Å²) in [4.78, 5) is 24.6. The maximum absolute atomic E-state index is 13.2. The van der Waals surface area contributed by atoms with Crippen molar-refractivity contribution >= 4 is 33.2 Å². The summed E-state index contributed by atoms with van der Waals surface area (Å²) in [5.74, 6) is -1.38. The van der Waals surface area contributed by atoms with Gasteiger partial charge in [-0.3, -0.25) is 9.59 Å². The Balaban J connectivity index is 1.57. The third-order valence-electron chi connectivity index (χ3n) is 5.31. The van der Waals surface area contributed by atoms with Gasteiger partial charge in [-0.1, -0.05) is 30.3 Å². The second-order valence-electron chi connectivity index (χ2n) is 7.89. The van der Waals surface area contributed by atoms with Crippen LogP contribution in [0.5, 0.6) is 5.75 Å².